The first-order chi connectivity index (χ1) is 17.2. The molecule has 1 amide bonds. The normalized spacial score (nSPS) is 13.5. The maximum absolute atomic E-state index is 13.7. The van der Waals surface area contributed by atoms with Gasteiger partial charge in [-0.2, -0.15) is 0 Å². The highest BCUT2D eigenvalue weighted by molar-refractivity contribution is 6.07. The van der Waals surface area contributed by atoms with Crippen molar-refractivity contribution in [3.8, 4) is 11.5 Å². The molecule has 0 radical (unpaired) electrons. The smallest absolute Gasteiger partial charge is 0.254 e. The van der Waals surface area contributed by atoms with Gasteiger partial charge in [0.15, 0.2) is 0 Å². The minimum absolute atomic E-state index is 0.00554. The molecule has 35 heavy (non-hydrogen) atoms. The number of hydrogen-bond donors (Lipinski definition) is 1. The number of aromatic nitrogens is 2. The van der Waals surface area contributed by atoms with Crippen molar-refractivity contribution in [1.29, 1.82) is 0 Å². The zero-order chi connectivity index (χ0) is 24.2. The summed E-state index contributed by atoms with van der Waals surface area (Å²) in [5.41, 5.74) is 2.11. The number of carbonyl (C=O) groups excluding carboxylic acids is 1. The molecule has 1 fully saturated rings. The summed E-state index contributed by atoms with van der Waals surface area (Å²) in [6.45, 7) is 2.72. The Bertz CT molecular complexity index is 1340. The van der Waals surface area contributed by atoms with Gasteiger partial charge in [-0.15, -0.1) is 0 Å². The van der Waals surface area contributed by atoms with E-state index in [9.17, 15) is 4.79 Å². The molecule has 0 bridgehead atoms. The van der Waals surface area contributed by atoms with Crippen LogP contribution < -0.4 is 19.7 Å². The minimum Gasteiger partial charge on any atom is -0.497 e. The Hall–Kier alpha value is -4.33. The van der Waals surface area contributed by atoms with Crippen LogP contribution >= 0.6 is 0 Å². The summed E-state index contributed by atoms with van der Waals surface area (Å²) in [6, 6.07) is 20.9. The number of amides is 1. The molecule has 0 saturated carbocycles. The van der Waals surface area contributed by atoms with E-state index >= 15 is 0 Å². The molecule has 2 aromatic heterocycles. The number of pyridine rings is 2. The molecule has 1 saturated heterocycles. The van der Waals surface area contributed by atoms with Crippen molar-refractivity contribution in [1.82, 2.24) is 14.9 Å². The highest BCUT2D eigenvalue weighted by Crippen LogP contribution is 2.32. The molecular formula is C27H27N5O3. The van der Waals surface area contributed by atoms with Crippen LogP contribution in [0.1, 0.15) is 10.4 Å². The Morgan fingerprint density at radius 1 is 0.914 bits per heavy atom. The van der Waals surface area contributed by atoms with Crippen molar-refractivity contribution in [3.05, 3.63) is 78.5 Å². The highest BCUT2D eigenvalue weighted by atomic mass is 16.5. The average molecular weight is 470 g/mol. The number of benzene rings is 2. The van der Waals surface area contributed by atoms with Gasteiger partial charge in [0.25, 0.3) is 5.91 Å². The van der Waals surface area contributed by atoms with E-state index in [2.05, 4.69) is 15.2 Å². The summed E-state index contributed by atoms with van der Waals surface area (Å²) in [5, 5.41) is 4.15. The van der Waals surface area contributed by atoms with Gasteiger partial charge in [0.1, 0.15) is 23.1 Å². The summed E-state index contributed by atoms with van der Waals surface area (Å²) in [6.07, 6.45) is 1.79. The van der Waals surface area contributed by atoms with Gasteiger partial charge >= 0.3 is 0 Å². The number of ether oxygens (including phenoxy) is 2. The number of hydrogen-bond acceptors (Lipinski definition) is 7. The van der Waals surface area contributed by atoms with E-state index in [0.717, 1.165) is 35.5 Å². The van der Waals surface area contributed by atoms with Crippen molar-refractivity contribution in [2.45, 2.75) is 0 Å². The number of rotatable bonds is 6. The van der Waals surface area contributed by atoms with Crippen LogP contribution in [0.25, 0.3) is 10.9 Å². The van der Waals surface area contributed by atoms with Gasteiger partial charge in [-0.3, -0.25) is 4.79 Å². The Morgan fingerprint density at radius 2 is 1.71 bits per heavy atom. The van der Waals surface area contributed by atoms with E-state index in [4.69, 9.17) is 14.5 Å². The lowest BCUT2D eigenvalue weighted by molar-refractivity contribution is 0.0748. The number of nitrogens with zero attached hydrogens (tertiary/aromatic N) is 4. The molecule has 4 aromatic rings. The molecule has 178 valence electrons. The van der Waals surface area contributed by atoms with Gasteiger partial charge in [-0.25, -0.2) is 9.97 Å². The maximum atomic E-state index is 13.7. The number of piperazine rings is 1. The van der Waals surface area contributed by atoms with Gasteiger partial charge in [0.05, 0.1) is 31.0 Å². The third kappa shape index (κ3) is 4.68. The van der Waals surface area contributed by atoms with Crippen molar-refractivity contribution < 1.29 is 14.3 Å². The molecule has 5 rings (SSSR count). The number of para-hydroxylation sites is 1. The van der Waals surface area contributed by atoms with Crippen LogP contribution in [0.3, 0.4) is 0 Å². The molecule has 0 unspecified atom stereocenters. The molecule has 0 spiro atoms. The van der Waals surface area contributed by atoms with Crippen LogP contribution in [0.15, 0.2) is 72.9 Å². The molecule has 0 atom stereocenters. The number of anilines is 3. The lowest BCUT2D eigenvalue weighted by atomic mass is 10.1. The summed E-state index contributed by atoms with van der Waals surface area (Å²) in [7, 11) is 3.22. The second-order valence-electron chi connectivity index (χ2n) is 8.23. The predicted molar refractivity (Wildman–Crippen MR) is 137 cm³/mol. The zero-order valence-electron chi connectivity index (χ0n) is 19.8. The van der Waals surface area contributed by atoms with E-state index in [-0.39, 0.29) is 5.91 Å². The lowest BCUT2D eigenvalue weighted by Crippen LogP contribution is -2.49. The summed E-state index contributed by atoms with van der Waals surface area (Å²) in [4.78, 5) is 26.9. The highest BCUT2D eigenvalue weighted by Gasteiger charge is 2.25. The van der Waals surface area contributed by atoms with Crippen molar-refractivity contribution in [3.63, 3.8) is 0 Å². The quantitative estimate of drug-likeness (QED) is 0.450. The Kier molecular flexibility index (Phi) is 6.34. The van der Waals surface area contributed by atoms with E-state index in [1.165, 1.54) is 0 Å². The molecule has 3 heterocycles. The van der Waals surface area contributed by atoms with Crippen LogP contribution in [-0.2, 0) is 0 Å². The number of nitrogens with one attached hydrogen (secondary N) is 1. The SMILES string of the molecule is COc1ccc(Nc2cc(C(=O)N3CCN(c4ccccn4)CC3)c3ccccc3n2)c(OC)c1. The van der Waals surface area contributed by atoms with Gasteiger partial charge in [-0.1, -0.05) is 24.3 Å². The van der Waals surface area contributed by atoms with Crippen LogP contribution in [0.4, 0.5) is 17.3 Å². The fourth-order valence-electron chi connectivity index (χ4n) is 4.31. The van der Waals surface area contributed by atoms with Gasteiger partial charge in [0.2, 0.25) is 0 Å². The number of methoxy groups -OCH3 is 2. The van der Waals surface area contributed by atoms with E-state index in [1.54, 1.807) is 26.5 Å². The number of carbonyl (C=O) groups is 1. The monoisotopic (exact) mass is 469 g/mol. The predicted octanol–water partition coefficient (Wildman–Crippen LogP) is 4.35. The number of fused-ring (bicyclic) bond motifs is 1. The van der Waals surface area contributed by atoms with E-state index in [1.807, 2.05) is 65.6 Å². The second kappa shape index (κ2) is 9.89. The van der Waals surface area contributed by atoms with Gasteiger partial charge in [-0.05, 0) is 36.4 Å². The molecule has 0 aliphatic carbocycles. The second-order valence-corrected chi connectivity index (χ2v) is 8.23. The van der Waals surface area contributed by atoms with Crippen LogP contribution in [-0.4, -0.2) is 61.2 Å². The van der Waals surface area contributed by atoms with Crippen molar-refractivity contribution in [2.24, 2.45) is 0 Å². The summed E-state index contributed by atoms with van der Waals surface area (Å²) in [5.74, 6) is 2.82. The zero-order valence-corrected chi connectivity index (χ0v) is 19.8. The van der Waals surface area contributed by atoms with Crippen LogP contribution in [0.5, 0.6) is 11.5 Å². The van der Waals surface area contributed by atoms with Crippen LogP contribution in [0.2, 0.25) is 0 Å². The first-order valence-corrected chi connectivity index (χ1v) is 11.5. The topological polar surface area (TPSA) is 79.8 Å². The first-order valence-electron chi connectivity index (χ1n) is 11.5. The molecule has 1 aliphatic heterocycles. The minimum atomic E-state index is -0.00554. The molecule has 2 aromatic carbocycles. The standard InChI is InChI=1S/C27H27N5O3/c1-34-19-10-11-23(24(17-19)35-2)30-25-18-21(20-7-3-4-8-22(20)29-25)27(33)32-15-13-31(14-16-32)26-9-5-6-12-28-26/h3-12,17-18H,13-16H2,1-2H3,(H,29,30). The Labute approximate surface area is 204 Å². The summed E-state index contributed by atoms with van der Waals surface area (Å²) >= 11 is 0. The summed E-state index contributed by atoms with van der Waals surface area (Å²) < 4.78 is 10.8. The largest absolute Gasteiger partial charge is 0.497 e. The Morgan fingerprint density at radius 3 is 2.46 bits per heavy atom. The van der Waals surface area contributed by atoms with Crippen molar-refractivity contribution >= 4 is 34.1 Å². The average Bonchev–Trinajstić information content (AvgIpc) is 2.93. The van der Waals surface area contributed by atoms with E-state index < -0.39 is 0 Å². The Balaban J connectivity index is 1.42. The van der Waals surface area contributed by atoms with E-state index in [0.29, 0.717) is 36.0 Å². The van der Waals surface area contributed by atoms with Crippen LogP contribution in [0, 0.1) is 0 Å². The third-order valence-electron chi connectivity index (χ3n) is 6.16. The first kappa shape index (κ1) is 22.5. The molecular weight excluding hydrogens is 442 g/mol. The van der Waals surface area contributed by atoms with Crippen molar-refractivity contribution in [2.75, 3.05) is 50.6 Å². The molecule has 1 aliphatic rings. The fraction of sp³-hybridized carbons (Fsp3) is 0.222. The third-order valence-corrected chi connectivity index (χ3v) is 6.16. The fourth-order valence-corrected chi connectivity index (χ4v) is 4.31. The molecule has 1 N–H and O–H groups in total. The lowest BCUT2D eigenvalue weighted by Gasteiger charge is -2.35. The van der Waals surface area contributed by atoms with Gasteiger partial charge < -0.3 is 24.6 Å². The molecule has 8 nitrogen and oxygen atoms in total. The molecule has 8 heteroatoms. The van der Waals surface area contributed by atoms with Gasteiger partial charge in [0, 0.05) is 43.8 Å². The maximum Gasteiger partial charge on any atom is 0.254 e.